The number of ketones is 1. The van der Waals surface area contributed by atoms with Crippen LogP contribution in [0.2, 0.25) is 0 Å². The molecule has 1 fully saturated rings. The van der Waals surface area contributed by atoms with Crippen LogP contribution in [-0.4, -0.2) is 33.5 Å². The van der Waals surface area contributed by atoms with E-state index in [1.165, 1.54) is 28.5 Å². The first-order chi connectivity index (χ1) is 18.9. The zero-order chi connectivity index (χ0) is 27.5. The van der Waals surface area contributed by atoms with Crippen LogP contribution in [0.15, 0.2) is 83.9 Å². The van der Waals surface area contributed by atoms with Gasteiger partial charge in [-0.2, -0.15) is 0 Å². The summed E-state index contributed by atoms with van der Waals surface area (Å²) in [7, 11) is 0. The number of rotatable bonds is 8. The fourth-order valence-corrected chi connectivity index (χ4v) is 5.12. The minimum atomic E-state index is -0.979. The number of amides is 1. The molecule has 198 valence electrons. The number of phenols is 1. The summed E-state index contributed by atoms with van der Waals surface area (Å²) in [5.41, 5.74) is 2.93. The SMILES string of the molecule is CCOc1cc(C2C(=C(O)c3ccc(OCc4ccccc4C)cc3)C(=O)C(=O)N2c2nccs2)ccc1O. The predicted octanol–water partition coefficient (Wildman–Crippen LogP) is 5.76. The lowest BCUT2D eigenvalue weighted by Gasteiger charge is -2.23. The Kier molecular flexibility index (Phi) is 7.33. The van der Waals surface area contributed by atoms with Gasteiger partial charge in [0, 0.05) is 17.1 Å². The molecule has 1 unspecified atom stereocenters. The fraction of sp³-hybridized carbons (Fsp3) is 0.167. The maximum Gasteiger partial charge on any atom is 0.301 e. The summed E-state index contributed by atoms with van der Waals surface area (Å²) in [6.07, 6.45) is 1.54. The maximum absolute atomic E-state index is 13.3. The average Bonchev–Trinajstić information content (AvgIpc) is 3.56. The number of carbonyl (C=O) groups is 2. The zero-order valence-electron chi connectivity index (χ0n) is 21.3. The molecule has 1 atom stereocenters. The number of hydrogen-bond acceptors (Lipinski definition) is 8. The van der Waals surface area contributed by atoms with E-state index in [0.717, 1.165) is 11.1 Å². The van der Waals surface area contributed by atoms with E-state index in [4.69, 9.17) is 9.47 Å². The van der Waals surface area contributed by atoms with E-state index in [1.807, 2.05) is 31.2 Å². The molecule has 1 amide bonds. The molecule has 3 aromatic carbocycles. The molecular weight excluding hydrogens is 516 g/mol. The predicted molar refractivity (Wildman–Crippen MR) is 148 cm³/mol. The van der Waals surface area contributed by atoms with E-state index in [2.05, 4.69) is 4.98 Å². The summed E-state index contributed by atoms with van der Waals surface area (Å²) in [5, 5.41) is 23.6. The second kappa shape index (κ2) is 11.0. The third kappa shape index (κ3) is 5.08. The van der Waals surface area contributed by atoms with Crippen molar-refractivity contribution >= 4 is 33.9 Å². The summed E-state index contributed by atoms with van der Waals surface area (Å²) in [4.78, 5) is 32.0. The largest absolute Gasteiger partial charge is 0.507 e. The van der Waals surface area contributed by atoms with Crippen molar-refractivity contribution in [2.24, 2.45) is 0 Å². The fourth-order valence-electron chi connectivity index (χ4n) is 4.45. The van der Waals surface area contributed by atoms with E-state index < -0.39 is 17.7 Å². The van der Waals surface area contributed by atoms with Gasteiger partial charge in [0.15, 0.2) is 16.6 Å². The van der Waals surface area contributed by atoms with Gasteiger partial charge in [0.25, 0.3) is 5.78 Å². The van der Waals surface area contributed by atoms with Gasteiger partial charge in [0.2, 0.25) is 0 Å². The molecule has 1 saturated heterocycles. The molecule has 1 aromatic heterocycles. The Bertz CT molecular complexity index is 1550. The number of aromatic nitrogens is 1. The molecule has 0 bridgehead atoms. The summed E-state index contributed by atoms with van der Waals surface area (Å²) in [5.74, 6) is -1.24. The van der Waals surface area contributed by atoms with Crippen molar-refractivity contribution in [2.45, 2.75) is 26.5 Å². The summed E-state index contributed by atoms with van der Waals surface area (Å²) < 4.78 is 11.4. The van der Waals surface area contributed by atoms with Crippen LogP contribution in [0.25, 0.3) is 5.76 Å². The molecule has 39 heavy (non-hydrogen) atoms. The van der Waals surface area contributed by atoms with E-state index in [1.54, 1.807) is 48.7 Å². The third-order valence-corrected chi connectivity index (χ3v) is 7.22. The van der Waals surface area contributed by atoms with Crippen molar-refractivity contribution in [3.05, 3.63) is 106 Å². The van der Waals surface area contributed by atoms with Gasteiger partial charge in [0.1, 0.15) is 18.1 Å². The number of phenolic OH excluding ortho intramolecular Hbond substituents is 1. The number of ether oxygens (including phenoxy) is 2. The van der Waals surface area contributed by atoms with Crippen molar-refractivity contribution in [3.8, 4) is 17.2 Å². The van der Waals surface area contributed by atoms with E-state index in [-0.39, 0.29) is 22.8 Å². The monoisotopic (exact) mass is 542 g/mol. The summed E-state index contributed by atoms with van der Waals surface area (Å²) in [6, 6.07) is 18.2. The van der Waals surface area contributed by atoms with Crippen LogP contribution in [0.3, 0.4) is 0 Å². The molecule has 2 N–H and O–H groups in total. The van der Waals surface area contributed by atoms with Gasteiger partial charge in [-0.3, -0.25) is 14.5 Å². The molecule has 1 aliphatic heterocycles. The first-order valence-corrected chi connectivity index (χ1v) is 13.2. The molecule has 0 radical (unpaired) electrons. The quantitative estimate of drug-likeness (QED) is 0.165. The number of benzene rings is 3. The van der Waals surface area contributed by atoms with Crippen molar-refractivity contribution < 1.29 is 29.3 Å². The van der Waals surface area contributed by atoms with E-state index in [9.17, 15) is 19.8 Å². The van der Waals surface area contributed by atoms with Crippen LogP contribution in [0, 0.1) is 6.92 Å². The highest BCUT2D eigenvalue weighted by atomic mass is 32.1. The molecule has 0 saturated carbocycles. The third-order valence-electron chi connectivity index (χ3n) is 6.45. The van der Waals surface area contributed by atoms with Crippen molar-refractivity contribution in [3.63, 3.8) is 0 Å². The molecule has 0 spiro atoms. The topological polar surface area (TPSA) is 109 Å². The maximum atomic E-state index is 13.3. The number of aliphatic hydroxyl groups is 1. The Morgan fingerprint density at radius 1 is 1.05 bits per heavy atom. The molecule has 1 aliphatic rings. The van der Waals surface area contributed by atoms with Gasteiger partial charge in [-0.1, -0.05) is 30.3 Å². The molecule has 4 aromatic rings. The van der Waals surface area contributed by atoms with E-state index in [0.29, 0.717) is 35.2 Å². The molecule has 9 heteroatoms. The van der Waals surface area contributed by atoms with Crippen LogP contribution in [0.1, 0.15) is 35.2 Å². The molecule has 2 heterocycles. The number of nitrogens with zero attached hydrogens (tertiary/aromatic N) is 2. The number of hydrogen-bond donors (Lipinski definition) is 2. The van der Waals surface area contributed by atoms with Gasteiger partial charge in [-0.05, 0) is 66.9 Å². The first kappa shape index (κ1) is 26.0. The van der Waals surface area contributed by atoms with E-state index >= 15 is 0 Å². The second-order valence-corrected chi connectivity index (χ2v) is 9.76. The van der Waals surface area contributed by atoms with Gasteiger partial charge in [0.05, 0.1) is 18.2 Å². The van der Waals surface area contributed by atoms with Gasteiger partial charge in [-0.15, -0.1) is 11.3 Å². The first-order valence-electron chi connectivity index (χ1n) is 12.3. The highest BCUT2D eigenvalue weighted by Gasteiger charge is 2.48. The average molecular weight is 543 g/mol. The molecule has 5 rings (SSSR count). The molecule has 8 nitrogen and oxygen atoms in total. The van der Waals surface area contributed by atoms with Crippen LogP contribution < -0.4 is 14.4 Å². The normalized spacial score (nSPS) is 16.5. The van der Waals surface area contributed by atoms with Crippen LogP contribution in [0.5, 0.6) is 17.2 Å². The number of Topliss-reactive ketones (excluding diaryl/α,β-unsaturated/α-hetero) is 1. The minimum absolute atomic E-state index is 0.0758. The summed E-state index contributed by atoms with van der Waals surface area (Å²) in [6.45, 7) is 4.49. The number of carbonyl (C=O) groups excluding carboxylic acids is 2. The zero-order valence-corrected chi connectivity index (χ0v) is 22.1. The lowest BCUT2D eigenvalue weighted by atomic mass is 9.95. The second-order valence-electron chi connectivity index (χ2n) is 8.88. The highest BCUT2D eigenvalue weighted by molar-refractivity contribution is 7.14. The van der Waals surface area contributed by atoms with Crippen LogP contribution >= 0.6 is 11.3 Å². The Morgan fingerprint density at radius 3 is 2.51 bits per heavy atom. The number of thiazole rings is 1. The Morgan fingerprint density at radius 2 is 1.82 bits per heavy atom. The number of aryl methyl sites for hydroxylation is 1. The standard InChI is InChI=1S/C30H26N2O6S/c1-3-37-24-16-20(10-13-23(24)33)26-25(28(35)29(36)32(26)30-31-14-15-39-30)27(34)19-8-11-22(12-9-19)38-17-21-7-5-4-6-18(21)2/h4-16,26,33-34H,3,17H2,1-2H3. The summed E-state index contributed by atoms with van der Waals surface area (Å²) >= 11 is 1.20. The number of aliphatic hydroxyl groups excluding tert-OH is 1. The lowest BCUT2D eigenvalue weighted by molar-refractivity contribution is -0.132. The Hall–Kier alpha value is -4.63. The lowest BCUT2D eigenvalue weighted by Crippen LogP contribution is -2.29. The molecular formula is C30H26N2O6S. The smallest absolute Gasteiger partial charge is 0.301 e. The van der Waals surface area contributed by atoms with Gasteiger partial charge in [-0.25, -0.2) is 4.98 Å². The number of anilines is 1. The van der Waals surface area contributed by atoms with Crippen molar-refractivity contribution in [1.82, 2.24) is 4.98 Å². The highest BCUT2D eigenvalue weighted by Crippen LogP contribution is 2.44. The van der Waals surface area contributed by atoms with Crippen LogP contribution in [-0.2, 0) is 16.2 Å². The van der Waals surface area contributed by atoms with Crippen molar-refractivity contribution in [1.29, 1.82) is 0 Å². The van der Waals surface area contributed by atoms with Gasteiger partial charge < -0.3 is 19.7 Å². The Labute approximate surface area is 229 Å². The van der Waals surface area contributed by atoms with Crippen molar-refractivity contribution in [2.75, 3.05) is 11.5 Å². The van der Waals surface area contributed by atoms with Crippen LogP contribution in [0.4, 0.5) is 5.13 Å². The number of aromatic hydroxyl groups is 1. The Balaban J connectivity index is 1.52. The minimum Gasteiger partial charge on any atom is -0.507 e. The van der Waals surface area contributed by atoms with Gasteiger partial charge >= 0.3 is 5.91 Å². The molecule has 0 aliphatic carbocycles.